The van der Waals surface area contributed by atoms with Gasteiger partial charge in [-0.15, -0.1) is 0 Å². The molecule has 6 nitrogen and oxygen atoms in total. The molecule has 2 aromatic carbocycles. The summed E-state index contributed by atoms with van der Waals surface area (Å²) >= 11 is 0. The molecule has 0 aliphatic rings. The summed E-state index contributed by atoms with van der Waals surface area (Å²) in [5, 5.41) is 6.02. The molecule has 0 radical (unpaired) electrons. The normalized spacial score (nSPS) is 10.4. The van der Waals surface area contributed by atoms with Gasteiger partial charge in [0.05, 0.1) is 11.9 Å². The number of rotatable bonds is 5. The average molecular weight is 381 g/mol. The monoisotopic (exact) mass is 381 g/mol. The van der Waals surface area contributed by atoms with Crippen molar-refractivity contribution in [1.29, 1.82) is 0 Å². The molecular weight excluding hydrogens is 362 g/mol. The van der Waals surface area contributed by atoms with E-state index in [1.807, 2.05) is 67.6 Å². The molecule has 4 aromatic rings. The predicted molar refractivity (Wildman–Crippen MR) is 114 cm³/mol. The fraction of sp³-hybridized carbons (Fsp3) is 0.0435. The van der Waals surface area contributed by atoms with Gasteiger partial charge >= 0.3 is 0 Å². The number of amides is 1. The summed E-state index contributed by atoms with van der Waals surface area (Å²) < 4.78 is 0. The van der Waals surface area contributed by atoms with Crippen LogP contribution in [0.1, 0.15) is 16.1 Å². The highest BCUT2D eigenvalue weighted by atomic mass is 16.1. The zero-order chi connectivity index (χ0) is 20.1. The molecule has 0 fully saturated rings. The van der Waals surface area contributed by atoms with E-state index in [4.69, 9.17) is 0 Å². The molecular formula is C23H19N5O. The van der Waals surface area contributed by atoms with Gasteiger partial charge in [0.25, 0.3) is 5.91 Å². The fourth-order valence-electron chi connectivity index (χ4n) is 2.86. The van der Waals surface area contributed by atoms with Crippen LogP contribution in [0.5, 0.6) is 0 Å². The Labute approximate surface area is 168 Å². The van der Waals surface area contributed by atoms with E-state index in [0.29, 0.717) is 11.6 Å². The SMILES string of the molecule is Cc1ccc(Nc2nccc(C(=O)Nc3cnccc3-c3ccccc3)n2)cc1. The standard InChI is InChI=1S/C23H19N5O/c1-16-7-9-18(10-8-16)26-23-25-14-12-20(28-23)22(29)27-21-15-24-13-11-19(21)17-5-3-2-4-6-17/h2-15H,1H3,(H,27,29)(H,25,26,28). The minimum absolute atomic E-state index is 0.262. The van der Waals surface area contributed by atoms with Crippen LogP contribution in [0.4, 0.5) is 17.3 Å². The Hall–Kier alpha value is -4.06. The first kappa shape index (κ1) is 18.3. The second-order valence-electron chi connectivity index (χ2n) is 6.50. The number of hydrogen-bond acceptors (Lipinski definition) is 5. The van der Waals surface area contributed by atoms with Gasteiger partial charge < -0.3 is 10.6 Å². The molecule has 4 rings (SSSR count). The van der Waals surface area contributed by atoms with Gasteiger partial charge in [0.1, 0.15) is 5.69 Å². The minimum atomic E-state index is -0.329. The van der Waals surface area contributed by atoms with E-state index in [1.54, 1.807) is 24.7 Å². The number of nitrogens with zero attached hydrogens (tertiary/aromatic N) is 3. The number of anilines is 3. The predicted octanol–water partition coefficient (Wildman–Crippen LogP) is 4.84. The summed E-state index contributed by atoms with van der Waals surface area (Å²) in [6, 6.07) is 21.1. The molecule has 0 spiro atoms. The topological polar surface area (TPSA) is 79.8 Å². The number of carbonyl (C=O) groups is 1. The van der Waals surface area contributed by atoms with Crippen LogP contribution in [0, 0.1) is 6.92 Å². The molecule has 0 unspecified atom stereocenters. The van der Waals surface area contributed by atoms with Gasteiger partial charge in [-0.05, 0) is 36.8 Å². The smallest absolute Gasteiger partial charge is 0.274 e. The molecule has 0 saturated carbocycles. The zero-order valence-electron chi connectivity index (χ0n) is 15.8. The molecule has 0 aliphatic heterocycles. The number of pyridine rings is 1. The number of aryl methyl sites for hydroxylation is 1. The van der Waals surface area contributed by atoms with Gasteiger partial charge in [0, 0.05) is 23.6 Å². The Morgan fingerprint density at radius 3 is 2.48 bits per heavy atom. The molecule has 0 aliphatic carbocycles. The fourth-order valence-corrected chi connectivity index (χ4v) is 2.86. The van der Waals surface area contributed by atoms with E-state index >= 15 is 0 Å². The van der Waals surface area contributed by atoms with Crippen molar-refractivity contribution in [1.82, 2.24) is 15.0 Å². The Morgan fingerprint density at radius 1 is 0.897 bits per heavy atom. The third-order valence-corrected chi connectivity index (χ3v) is 4.35. The van der Waals surface area contributed by atoms with Crippen molar-refractivity contribution in [3.05, 3.63) is 96.6 Å². The van der Waals surface area contributed by atoms with Crippen LogP contribution in [0.15, 0.2) is 85.3 Å². The van der Waals surface area contributed by atoms with Gasteiger partial charge in [0.15, 0.2) is 0 Å². The van der Waals surface area contributed by atoms with E-state index in [0.717, 1.165) is 22.4 Å². The molecule has 142 valence electrons. The first-order valence-electron chi connectivity index (χ1n) is 9.16. The van der Waals surface area contributed by atoms with E-state index in [9.17, 15) is 4.79 Å². The van der Waals surface area contributed by atoms with Crippen molar-refractivity contribution < 1.29 is 4.79 Å². The van der Waals surface area contributed by atoms with Crippen molar-refractivity contribution >= 4 is 23.2 Å². The van der Waals surface area contributed by atoms with Crippen molar-refractivity contribution in [3.8, 4) is 11.1 Å². The highest BCUT2D eigenvalue weighted by Gasteiger charge is 2.13. The van der Waals surface area contributed by atoms with Crippen LogP contribution in [0.25, 0.3) is 11.1 Å². The van der Waals surface area contributed by atoms with Gasteiger partial charge in [-0.25, -0.2) is 9.97 Å². The van der Waals surface area contributed by atoms with Gasteiger partial charge in [-0.2, -0.15) is 0 Å². The van der Waals surface area contributed by atoms with Crippen LogP contribution in [-0.2, 0) is 0 Å². The molecule has 1 amide bonds. The number of carbonyl (C=O) groups excluding carboxylic acids is 1. The van der Waals surface area contributed by atoms with E-state index in [2.05, 4.69) is 25.6 Å². The Balaban J connectivity index is 1.55. The molecule has 29 heavy (non-hydrogen) atoms. The number of hydrogen-bond donors (Lipinski definition) is 2. The van der Waals surface area contributed by atoms with Gasteiger partial charge in [-0.1, -0.05) is 48.0 Å². The molecule has 2 aromatic heterocycles. The van der Waals surface area contributed by atoms with Crippen molar-refractivity contribution in [2.75, 3.05) is 10.6 Å². The number of aromatic nitrogens is 3. The molecule has 6 heteroatoms. The minimum Gasteiger partial charge on any atom is -0.324 e. The summed E-state index contributed by atoms with van der Waals surface area (Å²) in [6.07, 6.45) is 4.89. The average Bonchev–Trinajstić information content (AvgIpc) is 2.76. The first-order valence-corrected chi connectivity index (χ1v) is 9.16. The van der Waals surface area contributed by atoms with E-state index in [1.165, 1.54) is 0 Å². The van der Waals surface area contributed by atoms with Crippen LogP contribution in [-0.4, -0.2) is 20.9 Å². The lowest BCUT2D eigenvalue weighted by Crippen LogP contribution is -2.15. The van der Waals surface area contributed by atoms with Crippen molar-refractivity contribution in [2.24, 2.45) is 0 Å². The summed E-state index contributed by atoms with van der Waals surface area (Å²) in [7, 11) is 0. The quantitative estimate of drug-likeness (QED) is 0.517. The van der Waals surface area contributed by atoms with E-state index < -0.39 is 0 Å². The maximum Gasteiger partial charge on any atom is 0.274 e. The number of benzene rings is 2. The van der Waals surface area contributed by atoms with Crippen molar-refractivity contribution in [3.63, 3.8) is 0 Å². The molecule has 2 N–H and O–H groups in total. The largest absolute Gasteiger partial charge is 0.324 e. The third kappa shape index (κ3) is 4.44. The maximum absolute atomic E-state index is 12.8. The second kappa shape index (κ2) is 8.31. The lowest BCUT2D eigenvalue weighted by Gasteiger charge is -2.11. The maximum atomic E-state index is 12.8. The Kier molecular flexibility index (Phi) is 5.25. The third-order valence-electron chi connectivity index (χ3n) is 4.35. The highest BCUT2D eigenvalue weighted by Crippen LogP contribution is 2.27. The Bertz CT molecular complexity index is 1130. The first-order chi connectivity index (χ1) is 14.2. The van der Waals surface area contributed by atoms with E-state index in [-0.39, 0.29) is 11.6 Å². The van der Waals surface area contributed by atoms with Crippen LogP contribution in [0.3, 0.4) is 0 Å². The van der Waals surface area contributed by atoms with Crippen LogP contribution < -0.4 is 10.6 Å². The Morgan fingerprint density at radius 2 is 1.69 bits per heavy atom. The van der Waals surface area contributed by atoms with Crippen LogP contribution in [0.2, 0.25) is 0 Å². The summed E-state index contributed by atoms with van der Waals surface area (Å²) in [4.78, 5) is 25.5. The molecule has 2 heterocycles. The summed E-state index contributed by atoms with van der Waals surface area (Å²) in [6.45, 7) is 2.02. The summed E-state index contributed by atoms with van der Waals surface area (Å²) in [5.74, 6) is 0.0282. The molecule has 0 bridgehead atoms. The van der Waals surface area contributed by atoms with Gasteiger partial charge in [0.2, 0.25) is 5.95 Å². The highest BCUT2D eigenvalue weighted by molar-refractivity contribution is 6.05. The lowest BCUT2D eigenvalue weighted by atomic mass is 10.1. The van der Waals surface area contributed by atoms with Gasteiger partial charge in [-0.3, -0.25) is 9.78 Å². The second-order valence-corrected chi connectivity index (χ2v) is 6.50. The van der Waals surface area contributed by atoms with Crippen molar-refractivity contribution in [2.45, 2.75) is 6.92 Å². The molecule has 0 saturated heterocycles. The number of nitrogens with one attached hydrogen (secondary N) is 2. The summed E-state index contributed by atoms with van der Waals surface area (Å²) in [5.41, 5.74) is 4.78. The van der Waals surface area contributed by atoms with Crippen LogP contribution >= 0.6 is 0 Å². The molecule has 0 atom stereocenters. The zero-order valence-corrected chi connectivity index (χ0v) is 15.8. The lowest BCUT2D eigenvalue weighted by molar-refractivity contribution is 0.102.